The van der Waals surface area contributed by atoms with Crippen molar-refractivity contribution in [1.29, 1.82) is 0 Å². The summed E-state index contributed by atoms with van der Waals surface area (Å²) in [6.07, 6.45) is 0. The van der Waals surface area contributed by atoms with Crippen LogP contribution in [0.1, 0.15) is 16.8 Å². The molecule has 0 aliphatic heterocycles. The molecule has 1 aromatic carbocycles. The van der Waals surface area contributed by atoms with Crippen LogP contribution < -0.4 is 0 Å². The number of hydrogen-bond donors (Lipinski definition) is 0. The molecule has 0 saturated heterocycles. The molecule has 1 aromatic heterocycles. The average Bonchev–Trinajstić information content (AvgIpc) is 2.29. The Labute approximate surface area is 114 Å². The summed E-state index contributed by atoms with van der Waals surface area (Å²) in [4.78, 5) is 8.78. The summed E-state index contributed by atoms with van der Waals surface area (Å²) in [6.45, 7) is 5.91. The molecule has 4 heteroatoms. The van der Waals surface area contributed by atoms with Gasteiger partial charge in [-0.1, -0.05) is 33.6 Å². The molecule has 0 spiro atoms. The molecular weight excluding hydrogens is 300 g/mol. The molecule has 0 bridgehead atoms. The van der Waals surface area contributed by atoms with Gasteiger partial charge in [0.2, 0.25) is 0 Å². The Morgan fingerprint density at radius 2 is 1.82 bits per heavy atom. The first-order chi connectivity index (χ1) is 7.99. The summed E-state index contributed by atoms with van der Waals surface area (Å²) < 4.78 is 1.08. The van der Waals surface area contributed by atoms with Crippen molar-refractivity contribution in [2.75, 3.05) is 0 Å². The van der Waals surface area contributed by atoms with Gasteiger partial charge in [0, 0.05) is 21.3 Å². The van der Waals surface area contributed by atoms with E-state index in [9.17, 15) is 0 Å². The van der Waals surface area contributed by atoms with Crippen LogP contribution in [0.5, 0.6) is 0 Å². The maximum atomic E-state index is 6.08. The fourth-order valence-electron chi connectivity index (χ4n) is 1.51. The van der Waals surface area contributed by atoms with Crippen LogP contribution in [0.2, 0.25) is 5.15 Å². The second-order valence-electron chi connectivity index (χ2n) is 4.01. The van der Waals surface area contributed by atoms with Gasteiger partial charge in [-0.25, -0.2) is 9.97 Å². The number of hydrogen-bond acceptors (Lipinski definition) is 2. The van der Waals surface area contributed by atoms with Crippen molar-refractivity contribution in [3.63, 3.8) is 0 Å². The van der Waals surface area contributed by atoms with Gasteiger partial charge < -0.3 is 0 Å². The van der Waals surface area contributed by atoms with Gasteiger partial charge in [-0.3, -0.25) is 0 Å². The summed E-state index contributed by atoms with van der Waals surface area (Å²) in [5.41, 5.74) is 3.99. The van der Waals surface area contributed by atoms with E-state index in [1.807, 2.05) is 39.0 Å². The maximum Gasteiger partial charge on any atom is 0.161 e. The summed E-state index contributed by atoms with van der Waals surface area (Å²) in [6, 6.07) is 6.03. The third-order valence-electron chi connectivity index (χ3n) is 2.75. The standard InChI is InChI=1S/C13H12BrClN2/c1-7-6-10(4-5-11(7)14)13-16-9(3)8(2)12(15)17-13/h4-6H,1-3H3. The molecule has 2 rings (SSSR count). The summed E-state index contributed by atoms with van der Waals surface area (Å²) in [5.74, 6) is 0.675. The SMILES string of the molecule is Cc1cc(-c2nc(C)c(C)c(Cl)n2)ccc1Br. The summed E-state index contributed by atoms with van der Waals surface area (Å²) in [7, 11) is 0. The molecule has 0 unspecified atom stereocenters. The molecule has 0 amide bonds. The monoisotopic (exact) mass is 310 g/mol. The van der Waals surface area contributed by atoms with Crippen LogP contribution in [0, 0.1) is 20.8 Å². The minimum absolute atomic E-state index is 0.521. The summed E-state index contributed by atoms with van der Waals surface area (Å²) >= 11 is 9.56. The van der Waals surface area contributed by atoms with Crippen molar-refractivity contribution in [1.82, 2.24) is 9.97 Å². The highest BCUT2D eigenvalue weighted by Gasteiger charge is 2.08. The number of halogens is 2. The molecule has 88 valence electrons. The van der Waals surface area contributed by atoms with Gasteiger partial charge in [-0.05, 0) is 38.5 Å². The second kappa shape index (κ2) is 4.75. The quantitative estimate of drug-likeness (QED) is 0.725. The van der Waals surface area contributed by atoms with Gasteiger partial charge in [0.25, 0.3) is 0 Å². The lowest BCUT2D eigenvalue weighted by Gasteiger charge is -2.07. The van der Waals surface area contributed by atoms with Crippen LogP contribution in [-0.2, 0) is 0 Å². The zero-order valence-electron chi connectivity index (χ0n) is 9.88. The van der Waals surface area contributed by atoms with E-state index < -0.39 is 0 Å². The van der Waals surface area contributed by atoms with Gasteiger partial charge in [0.1, 0.15) is 5.15 Å². The van der Waals surface area contributed by atoms with Crippen LogP contribution in [0.15, 0.2) is 22.7 Å². The number of aryl methyl sites for hydroxylation is 2. The lowest BCUT2D eigenvalue weighted by molar-refractivity contribution is 1.07. The molecule has 0 atom stereocenters. The van der Waals surface area contributed by atoms with Crippen molar-refractivity contribution in [2.24, 2.45) is 0 Å². The van der Waals surface area contributed by atoms with Gasteiger partial charge in [0.15, 0.2) is 5.82 Å². The first-order valence-corrected chi connectivity index (χ1v) is 6.43. The van der Waals surface area contributed by atoms with E-state index in [1.165, 1.54) is 0 Å². The Morgan fingerprint density at radius 1 is 1.12 bits per heavy atom. The Balaban J connectivity index is 2.57. The largest absolute Gasteiger partial charge is 0.233 e. The van der Waals surface area contributed by atoms with Crippen molar-refractivity contribution < 1.29 is 0 Å². The van der Waals surface area contributed by atoms with Crippen molar-refractivity contribution in [3.05, 3.63) is 44.6 Å². The van der Waals surface area contributed by atoms with E-state index in [2.05, 4.69) is 25.9 Å². The Hall–Kier alpha value is -0.930. The molecule has 0 fully saturated rings. The average molecular weight is 312 g/mol. The zero-order valence-corrected chi connectivity index (χ0v) is 12.2. The molecule has 2 nitrogen and oxygen atoms in total. The highest BCUT2D eigenvalue weighted by atomic mass is 79.9. The van der Waals surface area contributed by atoms with E-state index in [1.54, 1.807) is 0 Å². The first-order valence-electron chi connectivity index (χ1n) is 5.26. The van der Waals surface area contributed by atoms with E-state index in [4.69, 9.17) is 11.6 Å². The predicted octanol–water partition coefficient (Wildman–Crippen LogP) is 4.48. The second-order valence-corrected chi connectivity index (χ2v) is 5.22. The Bertz CT molecular complexity index is 559. The van der Waals surface area contributed by atoms with Gasteiger partial charge >= 0.3 is 0 Å². The number of benzene rings is 1. The number of rotatable bonds is 1. The highest BCUT2D eigenvalue weighted by molar-refractivity contribution is 9.10. The molecule has 17 heavy (non-hydrogen) atoms. The van der Waals surface area contributed by atoms with E-state index in [-0.39, 0.29) is 0 Å². The molecule has 1 heterocycles. The van der Waals surface area contributed by atoms with Gasteiger partial charge in [-0.2, -0.15) is 0 Å². The molecule has 2 aromatic rings. The van der Waals surface area contributed by atoms with E-state index in [0.717, 1.165) is 26.9 Å². The minimum atomic E-state index is 0.521. The van der Waals surface area contributed by atoms with Crippen LogP contribution in [0.3, 0.4) is 0 Å². The topological polar surface area (TPSA) is 25.8 Å². The van der Waals surface area contributed by atoms with E-state index in [0.29, 0.717) is 11.0 Å². The van der Waals surface area contributed by atoms with Crippen LogP contribution in [0.25, 0.3) is 11.4 Å². The molecule has 0 saturated carbocycles. The van der Waals surface area contributed by atoms with Crippen LogP contribution in [0.4, 0.5) is 0 Å². The number of aromatic nitrogens is 2. The molecule has 0 aliphatic rings. The van der Waals surface area contributed by atoms with Crippen molar-refractivity contribution in [2.45, 2.75) is 20.8 Å². The third kappa shape index (κ3) is 2.50. The zero-order chi connectivity index (χ0) is 12.6. The molecule has 0 aliphatic carbocycles. The molecule has 0 radical (unpaired) electrons. The fraction of sp³-hybridized carbons (Fsp3) is 0.231. The lowest BCUT2D eigenvalue weighted by Crippen LogP contribution is -1.96. The van der Waals surface area contributed by atoms with Crippen LogP contribution in [-0.4, -0.2) is 9.97 Å². The molecule has 0 N–H and O–H groups in total. The smallest absolute Gasteiger partial charge is 0.161 e. The predicted molar refractivity (Wildman–Crippen MR) is 74.4 cm³/mol. The van der Waals surface area contributed by atoms with Crippen LogP contribution >= 0.6 is 27.5 Å². The number of nitrogens with zero attached hydrogens (tertiary/aromatic N) is 2. The normalized spacial score (nSPS) is 10.6. The third-order valence-corrected chi connectivity index (χ3v) is 4.00. The Kier molecular flexibility index (Phi) is 3.50. The van der Waals surface area contributed by atoms with Crippen molar-refractivity contribution in [3.8, 4) is 11.4 Å². The fourth-order valence-corrected chi connectivity index (χ4v) is 1.97. The van der Waals surface area contributed by atoms with E-state index >= 15 is 0 Å². The first kappa shape index (κ1) is 12.5. The van der Waals surface area contributed by atoms with Gasteiger partial charge in [-0.15, -0.1) is 0 Å². The Morgan fingerprint density at radius 3 is 2.41 bits per heavy atom. The van der Waals surface area contributed by atoms with Gasteiger partial charge in [0.05, 0.1) is 0 Å². The maximum absolute atomic E-state index is 6.08. The van der Waals surface area contributed by atoms with Crippen molar-refractivity contribution >= 4 is 27.5 Å². The lowest BCUT2D eigenvalue weighted by atomic mass is 10.1. The molecular formula is C13H12BrClN2. The minimum Gasteiger partial charge on any atom is -0.233 e. The highest BCUT2D eigenvalue weighted by Crippen LogP contribution is 2.25. The summed E-state index contributed by atoms with van der Waals surface area (Å²) in [5, 5.41) is 0.521.